The number of rotatable bonds is 6. The molecule has 4 rings (SSSR count). The van der Waals surface area contributed by atoms with Crippen LogP contribution in [0.5, 0.6) is 0 Å². The van der Waals surface area contributed by atoms with Gasteiger partial charge in [-0.2, -0.15) is 4.37 Å². The minimum atomic E-state index is -1.50. The van der Waals surface area contributed by atoms with Crippen LogP contribution in [-0.2, 0) is 14.4 Å². The molecule has 172 valence electrons. The SMILES string of the molecule is Cc1nscc1/C=C/C1=C(C(=O)[O-])N2C(=O)[C@@H](NC(=O)/C(=N\O)c3nc(N)sc3Cl)[C@H]2SC1.[Na+]. The van der Waals surface area contributed by atoms with E-state index in [4.69, 9.17) is 17.3 Å². The molecule has 2 amide bonds. The van der Waals surface area contributed by atoms with Gasteiger partial charge in [0.25, 0.3) is 11.8 Å². The van der Waals surface area contributed by atoms with Crippen LogP contribution in [0.2, 0.25) is 4.34 Å². The van der Waals surface area contributed by atoms with Crippen LogP contribution in [0.1, 0.15) is 17.0 Å². The van der Waals surface area contributed by atoms with Crippen molar-refractivity contribution < 1.29 is 54.3 Å². The van der Waals surface area contributed by atoms with E-state index in [2.05, 4.69) is 19.8 Å². The van der Waals surface area contributed by atoms with Gasteiger partial charge in [-0.15, -0.1) is 11.8 Å². The minimum Gasteiger partial charge on any atom is -0.543 e. The summed E-state index contributed by atoms with van der Waals surface area (Å²) in [6, 6.07) is -1.04. The third-order valence-electron chi connectivity index (χ3n) is 4.87. The van der Waals surface area contributed by atoms with Crippen molar-refractivity contribution in [2.24, 2.45) is 5.16 Å². The van der Waals surface area contributed by atoms with Crippen molar-refractivity contribution in [3.05, 3.63) is 44.0 Å². The summed E-state index contributed by atoms with van der Waals surface area (Å²) in [5.41, 5.74) is 6.72. The van der Waals surface area contributed by atoms with E-state index in [1.807, 2.05) is 12.3 Å². The van der Waals surface area contributed by atoms with Gasteiger partial charge in [-0.25, -0.2) is 4.98 Å². The fourth-order valence-corrected chi connectivity index (χ4v) is 6.21. The number of carboxylic acid groups (broad SMARTS) is 1. The van der Waals surface area contributed by atoms with E-state index in [0.717, 1.165) is 27.5 Å². The third-order valence-corrected chi connectivity index (χ3v) is 7.99. The number of oxime groups is 1. The Morgan fingerprint density at radius 2 is 2.18 bits per heavy atom. The third kappa shape index (κ3) is 4.89. The molecule has 0 aromatic carbocycles. The van der Waals surface area contributed by atoms with Crippen molar-refractivity contribution in [2.75, 3.05) is 11.5 Å². The number of β-lactam (4-membered cyclic amide) rings is 1. The summed E-state index contributed by atoms with van der Waals surface area (Å²) in [7, 11) is 0. The normalized spacial score (nSPS) is 20.1. The van der Waals surface area contributed by atoms with E-state index in [0.29, 0.717) is 5.57 Å². The average molecular weight is 549 g/mol. The van der Waals surface area contributed by atoms with Gasteiger partial charge in [-0.1, -0.05) is 40.2 Å². The predicted molar refractivity (Wildman–Crippen MR) is 123 cm³/mol. The minimum absolute atomic E-state index is 0. The van der Waals surface area contributed by atoms with E-state index < -0.39 is 34.9 Å². The van der Waals surface area contributed by atoms with Crippen LogP contribution in [0.4, 0.5) is 5.13 Å². The molecule has 1 fully saturated rings. The first-order valence-electron chi connectivity index (χ1n) is 9.16. The smallest absolute Gasteiger partial charge is 0.543 e. The van der Waals surface area contributed by atoms with E-state index in [1.165, 1.54) is 23.3 Å². The maximum absolute atomic E-state index is 12.8. The first-order chi connectivity index (χ1) is 15.7. The zero-order chi connectivity index (χ0) is 23.9. The molecule has 0 bridgehead atoms. The molecule has 2 atom stereocenters. The van der Waals surface area contributed by atoms with Gasteiger partial charge in [0.2, 0.25) is 0 Å². The number of thioether (sulfide) groups is 1. The molecule has 0 aliphatic carbocycles. The number of anilines is 1. The van der Waals surface area contributed by atoms with Crippen molar-refractivity contribution in [1.29, 1.82) is 0 Å². The van der Waals surface area contributed by atoms with Crippen LogP contribution in [0.25, 0.3) is 6.08 Å². The largest absolute Gasteiger partial charge is 1.00 e. The number of nitrogen functional groups attached to an aromatic ring is 1. The van der Waals surface area contributed by atoms with Gasteiger partial charge in [-0.3, -0.25) is 14.5 Å². The number of hydrogen-bond acceptors (Lipinski definition) is 12. The van der Waals surface area contributed by atoms with E-state index in [1.54, 1.807) is 12.2 Å². The van der Waals surface area contributed by atoms with E-state index in [-0.39, 0.29) is 56.2 Å². The molecule has 2 aromatic heterocycles. The fourth-order valence-electron chi connectivity index (χ4n) is 3.28. The van der Waals surface area contributed by atoms with Crippen LogP contribution >= 0.6 is 46.2 Å². The van der Waals surface area contributed by atoms with Crippen molar-refractivity contribution in [3.63, 3.8) is 0 Å². The number of aromatic nitrogens is 2. The summed E-state index contributed by atoms with van der Waals surface area (Å²) in [5, 5.41) is 27.7. The Hall–Kier alpha value is -1.94. The summed E-state index contributed by atoms with van der Waals surface area (Å²) < 4.78 is 4.20. The number of nitrogens with one attached hydrogen (secondary N) is 1. The van der Waals surface area contributed by atoms with Crippen LogP contribution in [0, 0.1) is 6.92 Å². The Morgan fingerprint density at radius 3 is 2.74 bits per heavy atom. The summed E-state index contributed by atoms with van der Waals surface area (Å²) in [6.45, 7) is 1.83. The Bertz CT molecular complexity index is 1260. The van der Waals surface area contributed by atoms with Gasteiger partial charge in [0.1, 0.15) is 21.4 Å². The number of carbonyl (C=O) groups is 3. The number of halogens is 1. The Labute approximate surface area is 232 Å². The predicted octanol–water partition coefficient (Wildman–Crippen LogP) is -2.56. The number of allylic oxidation sites excluding steroid dienone is 1. The first-order valence-corrected chi connectivity index (χ1v) is 12.2. The number of hydrogen-bond donors (Lipinski definition) is 3. The number of nitrogens with two attached hydrogens (primary N) is 1. The number of fused-ring (bicyclic) bond motifs is 1. The molecular formula is C18H14ClN6NaO5S3. The van der Waals surface area contributed by atoms with Gasteiger partial charge in [0, 0.05) is 16.7 Å². The monoisotopic (exact) mass is 548 g/mol. The number of carboxylic acids is 1. The standard InChI is InChI=1S/C18H15ClN6O5S3.Na/c1-6-7(5-32-24-6)2-3-8-4-31-16-11(15(27)25(16)12(8)17(28)29)21-14(26)10(23-30)9-13(19)33-18(20)22-9;/h2-3,5,11,16,30H,4H2,1H3,(H2,20,22)(H,21,26)(H,28,29);/q;+1/p-1/b3-2+,23-10-;/t11-,16-;/m1./s1. The van der Waals surface area contributed by atoms with Crippen molar-refractivity contribution >= 4 is 80.9 Å². The fraction of sp³-hybridized carbons (Fsp3) is 0.222. The maximum Gasteiger partial charge on any atom is 1.00 e. The summed E-state index contributed by atoms with van der Waals surface area (Å²) in [5.74, 6) is -2.78. The number of nitrogens with zero attached hydrogens (tertiary/aromatic N) is 4. The van der Waals surface area contributed by atoms with Gasteiger partial charge in [0.15, 0.2) is 10.8 Å². The molecule has 0 radical (unpaired) electrons. The first kappa shape index (κ1) is 26.7. The summed E-state index contributed by atoms with van der Waals surface area (Å²) >= 11 is 9.41. The maximum atomic E-state index is 12.8. The van der Waals surface area contributed by atoms with Crippen LogP contribution in [0.15, 0.2) is 27.9 Å². The average Bonchev–Trinajstić information content (AvgIpc) is 3.33. The molecule has 11 nitrogen and oxygen atoms in total. The molecule has 0 saturated carbocycles. The van der Waals surface area contributed by atoms with E-state index >= 15 is 0 Å². The number of thiazole rings is 1. The second kappa shape index (κ2) is 10.8. The zero-order valence-electron chi connectivity index (χ0n) is 17.6. The van der Waals surface area contributed by atoms with Gasteiger partial charge < -0.3 is 26.2 Å². The quantitative estimate of drug-likeness (QED) is 0.115. The van der Waals surface area contributed by atoms with Crippen LogP contribution < -0.4 is 45.7 Å². The van der Waals surface area contributed by atoms with Gasteiger partial charge >= 0.3 is 29.6 Å². The van der Waals surface area contributed by atoms with Gasteiger partial charge in [-0.05, 0) is 24.0 Å². The van der Waals surface area contributed by atoms with E-state index in [9.17, 15) is 24.7 Å². The molecule has 2 aliphatic heterocycles. The van der Waals surface area contributed by atoms with Crippen molar-refractivity contribution in [1.82, 2.24) is 19.6 Å². The molecule has 16 heteroatoms. The van der Waals surface area contributed by atoms with Crippen molar-refractivity contribution in [2.45, 2.75) is 18.3 Å². The molecule has 1 saturated heterocycles. The van der Waals surface area contributed by atoms with Crippen LogP contribution in [0.3, 0.4) is 0 Å². The number of amides is 2. The summed E-state index contributed by atoms with van der Waals surface area (Å²) in [4.78, 5) is 42.2. The molecular weight excluding hydrogens is 535 g/mol. The molecule has 2 aliphatic rings. The molecule has 34 heavy (non-hydrogen) atoms. The van der Waals surface area contributed by atoms with Crippen LogP contribution in [-0.4, -0.2) is 60.1 Å². The Balaban J connectivity index is 0.00000324. The second-order valence-electron chi connectivity index (χ2n) is 6.83. The molecule has 4 N–H and O–H groups in total. The summed E-state index contributed by atoms with van der Waals surface area (Å²) in [6.07, 6.45) is 3.35. The van der Waals surface area contributed by atoms with Crippen molar-refractivity contribution in [3.8, 4) is 0 Å². The zero-order valence-corrected chi connectivity index (χ0v) is 22.8. The topological polar surface area (TPSA) is 174 Å². The molecule has 0 spiro atoms. The number of aliphatic carboxylic acids is 1. The number of aryl methyl sites for hydroxylation is 1. The number of carbonyl (C=O) groups excluding carboxylic acids is 3. The Morgan fingerprint density at radius 1 is 1.44 bits per heavy atom. The molecule has 0 unspecified atom stereocenters. The van der Waals surface area contributed by atoms with Gasteiger partial charge in [0.05, 0.1) is 17.4 Å². The second-order valence-corrected chi connectivity index (χ2v) is 10.2. The molecule has 4 heterocycles. The molecule has 2 aromatic rings. The Kier molecular flexibility index (Phi) is 8.44.